The highest BCUT2D eigenvalue weighted by Gasteiger charge is 2.35. The quantitative estimate of drug-likeness (QED) is 0.462. The molecule has 2 aliphatic rings. The highest BCUT2D eigenvalue weighted by atomic mass is 16.5. The number of ether oxygens (including phenoxy) is 1. The van der Waals surface area contributed by atoms with E-state index in [0.717, 1.165) is 50.5 Å². The molecule has 2 unspecified atom stereocenters. The minimum atomic E-state index is 0.805. The van der Waals surface area contributed by atoms with Crippen molar-refractivity contribution in [1.82, 2.24) is 10.2 Å². The van der Waals surface area contributed by atoms with Crippen LogP contribution in [-0.2, 0) is 4.74 Å². The largest absolute Gasteiger partial charge is 0.382 e. The Balaban J connectivity index is 1.83. The molecule has 0 amide bonds. The van der Waals surface area contributed by atoms with Crippen LogP contribution in [-0.4, -0.2) is 50.3 Å². The molecule has 0 aromatic rings. The van der Waals surface area contributed by atoms with Gasteiger partial charge in [-0.05, 0) is 44.9 Å². The Kier molecular flexibility index (Phi) is 6.64. The zero-order valence-corrected chi connectivity index (χ0v) is 13.2. The van der Waals surface area contributed by atoms with Crippen molar-refractivity contribution >= 4 is 5.96 Å². The zero-order valence-electron chi connectivity index (χ0n) is 13.2. The second-order valence-electron chi connectivity index (χ2n) is 6.00. The first-order chi connectivity index (χ1) is 9.85. The van der Waals surface area contributed by atoms with E-state index in [1.54, 1.807) is 0 Å². The first-order valence-corrected chi connectivity index (χ1v) is 8.46. The van der Waals surface area contributed by atoms with Gasteiger partial charge in [-0.15, -0.1) is 0 Å². The highest BCUT2D eigenvalue weighted by molar-refractivity contribution is 5.80. The second-order valence-corrected chi connectivity index (χ2v) is 6.00. The minimum Gasteiger partial charge on any atom is -0.382 e. The summed E-state index contributed by atoms with van der Waals surface area (Å²) in [6.45, 7) is 10.1. The van der Waals surface area contributed by atoms with Crippen LogP contribution in [0.15, 0.2) is 4.99 Å². The second kappa shape index (κ2) is 8.50. The van der Waals surface area contributed by atoms with Crippen LogP contribution in [0.25, 0.3) is 0 Å². The smallest absolute Gasteiger partial charge is 0.193 e. The summed E-state index contributed by atoms with van der Waals surface area (Å²) in [4.78, 5) is 7.27. The molecule has 1 aliphatic heterocycles. The third-order valence-corrected chi connectivity index (χ3v) is 4.52. The van der Waals surface area contributed by atoms with Crippen molar-refractivity contribution in [3.05, 3.63) is 0 Å². The average Bonchev–Trinajstić information content (AvgIpc) is 2.89. The molecule has 4 heteroatoms. The SMILES string of the molecule is CCNC(=NCCCOCC)N1CC2CCCCC2C1. The summed E-state index contributed by atoms with van der Waals surface area (Å²) in [5.74, 6) is 2.95. The Labute approximate surface area is 124 Å². The monoisotopic (exact) mass is 281 g/mol. The van der Waals surface area contributed by atoms with Gasteiger partial charge in [0.1, 0.15) is 0 Å². The van der Waals surface area contributed by atoms with Crippen LogP contribution in [0.1, 0.15) is 46.0 Å². The van der Waals surface area contributed by atoms with Crippen LogP contribution >= 0.6 is 0 Å². The van der Waals surface area contributed by atoms with Gasteiger partial charge >= 0.3 is 0 Å². The number of hydrogen-bond acceptors (Lipinski definition) is 2. The van der Waals surface area contributed by atoms with Gasteiger partial charge in [-0.2, -0.15) is 0 Å². The predicted molar refractivity (Wildman–Crippen MR) is 84.1 cm³/mol. The molecule has 0 bridgehead atoms. The molecule has 1 aliphatic carbocycles. The molecule has 1 heterocycles. The van der Waals surface area contributed by atoms with Crippen LogP contribution in [0.4, 0.5) is 0 Å². The van der Waals surface area contributed by atoms with E-state index in [1.807, 2.05) is 6.92 Å². The molecule has 0 radical (unpaired) electrons. The van der Waals surface area contributed by atoms with E-state index in [1.165, 1.54) is 38.8 Å². The molecular formula is C16H31N3O. The van der Waals surface area contributed by atoms with E-state index in [0.29, 0.717) is 0 Å². The van der Waals surface area contributed by atoms with Crippen LogP contribution in [0.2, 0.25) is 0 Å². The molecule has 2 atom stereocenters. The van der Waals surface area contributed by atoms with E-state index in [2.05, 4.69) is 17.1 Å². The summed E-state index contributed by atoms with van der Waals surface area (Å²) in [5, 5.41) is 3.46. The summed E-state index contributed by atoms with van der Waals surface area (Å²) in [7, 11) is 0. The molecule has 2 fully saturated rings. The average molecular weight is 281 g/mol. The Morgan fingerprint density at radius 3 is 2.50 bits per heavy atom. The van der Waals surface area contributed by atoms with Crippen molar-refractivity contribution in [2.45, 2.75) is 46.0 Å². The van der Waals surface area contributed by atoms with E-state index in [-0.39, 0.29) is 0 Å². The van der Waals surface area contributed by atoms with Gasteiger partial charge in [0, 0.05) is 39.4 Å². The lowest BCUT2D eigenvalue weighted by molar-refractivity contribution is 0.146. The summed E-state index contributed by atoms with van der Waals surface area (Å²) in [5.41, 5.74) is 0. The van der Waals surface area contributed by atoms with Gasteiger partial charge in [-0.25, -0.2) is 0 Å². The molecule has 1 N–H and O–H groups in total. The van der Waals surface area contributed by atoms with Crippen molar-refractivity contribution in [2.24, 2.45) is 16.8 Å². The van der Waals surface area contributed by atoms with Crippen LogP contribution in [0.5, 0.6) is 0 Å². The number of guanidine groups is 1. The Morgan fingerprint density at radius 2 is 1.90 bits per heavy atom. The summed E-state index contributed by atoms with van der Waals surface area (Å²) >= 11 is 0. The van der Waals surface area contributed by atoms with Crippen molar-refractivity contribution in [3.63, 3.8) is 0 Å². The van der Waals surface area contributed by atoms with Gasteiger partial charge in [-0.3, -0.25) is 4.99 Å². The third-order valence-electron chi connectivity index (χ3n) is 4.52. The maximum Gasteiger partial charge on any atom is 0.193 e. The van der Waals surface area contributed by atoms with Gasteiger partial charge < -0.3 is 15.0 Å². The molecule has 2 rings (SSSR count). The standard InChI is InChI=1S/C16H31N3O/c1-3-17-16(18-10-7-11-20-4-2)19-12-14-8-5-6-9-15(14)13-19/h14-15H,3-13H2,1-2H3,(H,17,18). The maximum atomic E-state index is 5.37. The fraction of sp³-hybridized carbons (Fsp3) is 0.938. The number of nitrogens with one attached hydrogen (secondary N) is 1. The summed E-state index contributed by atoms with van der Waals surface area (Å²) in [6, 6.07) is 0. The fourth-order valence-corrected chi connectivity index (χ4v) is 3.50. The molecular weight excluding hydrogens is 250 g/mol. The first kappa shape index (κ1) is 15.6. The first-order valence-electron chi connectivity index (χ1n) is 8.46. The minimum absolute atomic E-state index is 0.805. The molecule has 0 spiro atoms. The molecule has 0 aromatic carbocycles. The van der Waals surface area contributed by atoms with E-state index in [9.17, 15) is 0 Å². The predicted octanol–water partition coefficient (Wildman–Crippen LogP) is 2.50. The lowest BCUT2D eigenvalue weighted by Crippen LogP contribution is -2.40. The summed E-state index contributed by atoms with van der Waals surface area (Å²) in [6.07, 6.45) is 6.72. The Morgan fingerprint density at radius 1 is 1.20 bits per heavy atom. The molecule has 116 valence electrons. The topological polar surface area (TPSA) is 36.9 Å². The van der Waals surface area contributed by atoms with E-state index in [4.69, 9.17) is 9.73 Å². The lowest BCUT2D eigenvalue weighted by atomic mass is 9.82. The zero-order chi connectivity index (χ0) is 14.2. The molecule has 1 saturated carbocycles. The molecule has 20 heavy (non-hydrogen) atoms. The number of fused-ring (bicyclic) bond motifs is 1. The van der Waals surface area contributed by atoms with Crippen molar-refractivity contribution in [3.8, 4) is 0 Å². The molecule has 4 nitrogen and oxygen atoms in total. The van der Waals surface area contributed by atoms with Crippen molar-refractivity contribution in [2.75, 3.05) is 39.4 Å². The van der Waals surface area contributed by atoms with Crippen LogP contribution < -0.4 is 5.32 Å². The normalized spacial score (nSPS) is 26.7. The fourth-order valence-electron chi connectivity index (χ4n) is 3.50. The molecule has 0 aromatic heterocycles. The third kappa shape index (κ3) is 4.37. The maximum absolute atomic E-state index is 5.37. The highest BCUT2D eigenvalue weighted by Crippen LogP contribution is 2.35. The lowest BCUT2D eigenvalue weighted by Gasteiger charge is -2.22. The van der Waals surface area contributed by atoms with Gasteiger partial charge in [0.15, 0.2) is 5.96 Å². The van der Waals surface area contributed by atoms with E-state index >= 15 is 0 Å². The number of rotatable bonds is 6. The number of likely N-dealkylation sites (tertiary alicyclic amines) is 1. The van der Waals surface area contributed by atoms with Gasteiger partial charge in [0.2, 0.25) is 0 Å². The van der Waals surface area contributed by atoms with Crippen molar-refractivity contribution < 1.29 is 4.74 Å². The molecule has 1 saturated heterocycles. The van der Waals surface area contributed by atoms with Gasteiger partial charge in [0.25, 0.3) is 0 Å². The van der Waals surface area contributed by atoms with Crippen LogP contribution in [0.3, 0.4) is 0 Å². The Bertz CT molecular complexity index is 292. The number of hydrogen-bond donors (Lipinski definition) is 1. The van der Waals surface area contributed by atoms with Crippen molar-refractivity contribution in [1.29, 1.82) is 0 Å². The summed E-state index contributed by atoms with van der Waals surface area (Å²) < 4.78 is 5.37. The van der Waals surface area contributed by atoms with Gasteiger partial charge in [0.05, 0.1) is 0 Å². The number of nitrogens with zero attached hydrogens (tertiary/aromatic N) is 2. The van der Waals surface area contributed by atoms with E-state index < -0.39 is 0 Å². The Hall–Kier alpha value is -0.770. The van der Waals surface area contributed by atoms with Crippen LogP contribution in [0, 0.1) is 11.8 Å². The number of aliphatic imine (C=N–C) groups is 1. The van der Waals surface area contributed by atoms with Gasteiger partial charge in [-0.1, -0.05) is 12.8 Å².